The highest BCUT2D eigenvalue weighted by molar-refractivity contribution is 5.66. The van der Waals surface area contributed by atoms with Crippen LogP contribution in [0.5, 0.6) is 0 Å². The number of carbonyl (C=O) groups is 1. The molecule has 9 heteroatoms. The number of nitrogens with zero attached hydrogens (tertiary/aromatic N) is 4. The molecule has 1 aromatic carbocycles. The number of benzene rings is 1. The summed E-state index contributed by atoms with van der Waals surface area (Å²) in [6, 6.07) is 1.79. The normalized spacial score (nSPS) is 13.8. The van der Waals surface area contributed by atoms with Crippen molar-refractivity contribution < 1.29 is 23.8 Å². The molecule has 24 heavy (non-hydrogen) atoms. The van der Waals surface area contributed by atoms with Crippen molar-refractivity contribution in [2.24, 2.45) is 5.11 Å². The Balaban J connectivity index is 3.25. The molecular weight excluding hydrogens is 322 g/mol. The Morgan fingerprint density at radius 3 is 2.29 bits per heavy atom. The molecule has 2 atom stereocenters. The van der Waals surface area contributed by atoms with E-state index in [4.69, 9.17) is 5.53 Å². The standard InChI is InChI=1S/C15H20F2N4O3/c1-15(2,3)21(14(23)24)12(13(22)8-19-20-18)6-9-4-10(16)7-11(17)5-9/h4-5,7,12-13,22H,6,8H2,1-3H3,(H,23,24)/t12-,13+/m0/s1. The first-order valence-electron chi connectivity index (χ1n) is 7.22. The predicted octanol–water partition coefficient (Wildman–Crippen LogP) is 3.33. The molecule has 0 radical (unpaired) electrons. The molecule has 7 nitrogen and oxygen atoms in total. The zero-order valence-electron chi connectivity index (χ0n) is 13.6. The Hall–Kier alpha value is -2.38. The Morgan fingerprint density at radius 1 is 1.33 bits per heavy atom. The number of aliphatic hydroxyl groups is 1. The first-order chi connectivity index (χ1) is 11.1. The van der Waals surface area contributed by atoms with Crippen LogP contribution in [0.4, 0.5) is 13.6 Å². The van der Waals surface area contributed by atoms with Crippen molar-refractivity contribution in [2.45, 2.75) is 44.9 Å². The fraction of sp³-hybridized carbons (Fsp3) is 0.533. The van der Waals surface area contributed by atoms with E-state index in [-0.39, 0.29) is 18.5 Å². The van der Waals surface area contributed by atoms with Crippen molar-refractivity contribution in [3.8, 4) is 0 Å². The van der Waals surface area contributed by atoms with Crippen molar-refractivity contribution in [1.29, 1.82) is 0 Å². The molecule has 0 aliphatic rings. The minimum absolute atomic E-state index is 0.139. The third kappa shape index (κ3) is 5.36. The van der Waals surface area contributed by atoms with Crippen LogP contribution in [0.1, 0.15) is 26.3 Å². The topological polar surface area (TPSA) is 110 Å². The van der Waals surface area contributed by atoms with Gasteiger partial charge in [0.25, 0.3) is 0 Å². The van der Waals surface area contributed by atoms with Crippen molar-refractivity contribution in [1.82, 2.24) is 4.90 Å². The van der Waals surface area contributed by atoms with Crippen LogP contribution in [0, 0.1) is 11.6 Å². The lowest BCUT2D eigenvalue weighted by Crippen LogP contribution is -2.57. The second kappa shape index (κ2) is 7.94. The summed E-state index contributed by atoms with van der Waals surface area (Å²) in [6.45, 7) is 4.51. The van der Waals surface area contributed by atoms with Gasteiger partial charge in [-0.3, -0.25) is 4.90 Å². The second-order valence-electron chi connectivity index (χ2n) is 6.35. The van der Waals surface area contributed by atoms with Gasteiger partial charge in [0.2, 0.25) is 0 Å². The SMILES string of the molecule is CC(C)(C)N(C(=O)O)[C@@H](Cc1cc(F)cc(F)c1)[C@H](O)CN=[N+]=[N-]. The summed E-state index contributed by atoms with van der Waals surface area (Å²) in [4.78, 5) is 15.2. The van der Waals surface area contributed by atoms with E-state index >= 15 is 0 Å². The van der Waals surface area contributed by atoms with E-state index in [0.29, 0.717) is 6.07 Å². The van der Waals surface area contributed by atoms with Gasteiger partial charge in [0.1, 0.15) is 11.6 Å². The van der Waals surface area contributed by atoms with E-state index in [9.17, 15) is 23.8 Å². The van der Waals surface area contributed by atoms with Gasteiger partial charge < -0.3 is 10.2 Å². The Kier molecular flexibility index (Phi) is 6.51. The molecule has 1 rings (SSSR count). The number of carboxylic acid groups (broad SMARTS) is 1. The molecule has 0 aromatic heterocycles. The highest BCUT2D eigenvalue weighted by Gasteiger charge is 2.37. The van der Waals surface area contributed by atoms with Gasteiger partial charge in [-0.1, -0.05) is 5.11 Å². The number of amides is 1. The maximum absolute atomic E-state index is 13.4. The smallest absolute Gasteiger partial charge is 0.408 e. The summed E-state index contributed by atoms with van der Waals surface area (Å²) in [5, 5.41) is 23.0. The number of halogens is 2. The van der Waals surface area contributed by atoms with Crippen LogP contribution in [0.15, 0.2) is 23.3 Å². The zero-order chi connectivity index (χ0) is 18.5. The highest BCUT2D eigenvalue weighted by atomic mass is 19.1. The van der Waals surface area contributed by atoms with Gasteiger partial charge >= 0.3 is 6.09 Å². The monoisotopic (exact) mass is 342 g/mol. The predicted molar refractivity (Wildman–Crippen MR) is 83.5 cm³/mol. The largest absolute Gasteiger partial charge is 0.465 e. The summed E-state index contributed by atoms with van der Waals surface area (Å²) < 4.78 is 26.8. The van der Waals surface area contributed by atoms with E-state index in [1.165, 1.54) is 0 Å². The molecule has 0 spiro atoms. The molecular formula is C15H20F2N4O3. The fourth-order valence-electron chi connectivity index (χ4n) is 2.54. The van der Waals surface area contributed by atoms with Gasteiger partial charge in [-0.25, -0.2) is 13.6 Å². The average Bonchev–Trinajstić information content (AvgIpc) is 2.40. The molecule has 132 valence electrons. The number of hydrogen-bond donors (Lipinski definition) is 2. The van der Waals surface area contributed by atoms with Gasteiger partial charge in [-0.15, -0.1) is 0 Å². The molecule has 0 saturated carbocycles. The lowest BCUT2D eigenvalue weighted by Gasteiger charge is -2.41. The van der Waals surface area contributed by atoms with Crippen LogP contribution in [-0.2, 0) is 6.42 Å². The summed E-state index contributed by atoms with van der Waals surface area (Å²) >= 11 is 0. The molecule has 1 amide bonds. The van der Waals surface area contributed by atoms with Crippen molar-refractivity contribution >= 4 is 6.09 Å². The van der Waals surface area contributed by atoms with Crippen LogP contribution in [-0.4, -0.2) is 45.4 Å². The van der Waals surface area contributed by atoms with E-state index in [1.807, 2.05) is 0 Å². The van der Waals surface area contributed by atoms with E-state index in [0.717, 1.165) is 17.0 Å². The van der Waals surface area contributed by atoms with E-state index in [1.54, 1.807) is 20.8 Å². The Bertz CT molecular complexity index is 622. The third-order valence-corrected chi connectivity index (χ3v) is 3.40. The van der Waals surface area contributed by atoms with Crippen LogP contribution < -0.4 is 0 Å². The first kappa shape index (κ1) is 19.7. The minimum atomic E-state index is -1.33. The van der Waals surface area contributed by atoms with Crippen LogP contribution in [0.2, 0.25) is 0 Å². The summed E-state index contributed by atoms with van der Waals surface area (Å²) in [7, 11) is 0. The highest BCUT2D eigenvalue weighted by Crippen LogP contribution is 2.23. The van der Waals surface area contributed by atoms with Crippen LogP contribution in [0.25, 0.3) is 10.4 Å². The third-order valence-electron chi connectivity index (χ3n) is 3.40. The Labute approximate surface area is 138 Å². The number of hydrogen-bond acceptors (Lipinski definition) is 3. The molecule has 0 saturated heterocycles. The van der Waals surface area contributed by atoms with Crippen LogP contribution in [0.3, 0.4) is 0 Å². The van der Waals surface area contributed by atoms with Crippen molar-refractivity contribution in [2.75, 3.05) is 6.54 Å². The fourth-order valence-corrected chi connectivity index (χ4v) is 2.54. The van der Waals surface area contributed by atoms with Crippen LogP contribution >= 0.6 is 0 Å². The molecule has 0 unspecified atom stereocenters. The maximum Gasteiger partial charge on any atom is 0.408 e. The maximum atomic E-state index is 13.4. The summed E-state index contributed by atoms with van der Waals surface area (Å²) in [5.41, 5.74) is 7.68. The lowest BCUT2D eigenvalue weighted by molar-refractivity contribution is 0.0109. The molecule has 0 fully saturated rings. The summed E-state index contributed by atoms with van der Waals surface area (Å²) in [5.74, 6) is -1.60. The van der Waals surface area contributed by atoms with Gasteiger partial charge in [0.05, 0.1) is 18.7 Å². The molecule has 0 bridgehead atoms. The van der Waals surface area contributed by atoms with Gasteiger partial charge in [0, 0.05) is 16.5 Å². The molecule has 0 heterocycles. The number of aliphatic hydroxyl groups excluding tert-OH is 1. The van der Waals surface area contributed by atoms with E-state index in [2.05, 4.69) is 10.0 Å². The van der Waals surface area contributed by atoms with E-state index < -0.39 is 35.4 Å². The molecule has 0 aliphatic heterocycles. The quantitative estimate of drug-likeness (QED) is 0.470. The van der Waals surface area contributed by atoms with Gasteiger partial charge in [-0.2, -0.15) is 0 Å². The Morgan fingerprint density at radius 2 is 1.88 bits per heavy atom. The molecule has 1 aromatic rings. The second-order valence-corrected chi connectivity index (χ2v) is 6.35. The number of azide groups is 1. The van der Waals surface area contributed by atoms with Gasteiger partial charge in [0.15, 0.2) is 0 Å². The lowest BCUT2D eigenvalue weighted by atomic mass is 9.94. The molecule has 0 aliphatic carbocycles. The first-order valence-corrected chi connectivity index (χ1v) is 7.22. The zero-order valence-corrected chi connectivity index (χ0v) is 13.6. The molecule has 2 N–H and O–H groups in total. The van der Waals surface area contributed by atoms with Crippen molar-refractivity contribution in [3.05, 3.63) is 45.8 Å². The van der Waals surface area contributed by atoms with Crippen molar-refractivity contribution in [3.63, 3.8) is 0 Å². The average molecular weight is 342 g/mol. The summed E-state index contributed by atoms with van der Waals surface area (Å²) in [6.07, 6.45) is -2.77. The minimum Gasteiger partial charge on any atom is -0.465 e. The number of rotatable bonds is 6. The van der Waals surface area contributed by atoms with Gasteiger partial charge in [-0.05, 0) is 50.4 Å².